The summed E-state index contributed by atoms with van der Waals surface area (Å²) in [6, 6.07) is 5.75. The summed E-state index contributed by atoms with van der Waals surface area (Å²) in [6.07, 6.45) is 0. The van der Waals surface area contributed by atoms with Gasteiger partial charge in [0.2, 0.25) is 0 Å². The molecule has 0 amide bonds. The topological polar surface area (TPSA) is 50.5 Å². The fourth-order valence-electron chi connectivity index (χ4n) is 2.43. The summed E-state index contributed by atoms with van der Waals surface area (Å²) in [4.78, 5) is 2.59. The van der Waals surface area contributed by atoms with Crippen LogP contribution in [0.15, 0.2) is 18.2 Å². The summed E-state index contributed by atoms with van der Waals surface area (Å²) < 4.78 is 10.8. The quantitative estimate of drug-likeness (QED) is 0.793. The van der Waals surface area contributed by atoms with E-state index in [-0.39, 0.29) is 0 Å². The van der Waals surface area contributed by atoms with Gasteiger partial charge in [0.05, 0.1) is 0 Å². The molecule has 1 aliphatic heterocycles. The maximum absolute atomic E-state index is 5.74. The number of ether oxygens (including phenoxy) is 1. The molecular weight excluding hydrogens is 329 g/mol. The van der Waals surface area contributed by atoms with Gasteiger partial charge in [-0.25, -0.2) is 0 Å². The SMILES string of the molecule is COc1cc(N)ccc1NCCN1C[CH2][In]([CH3])[CH2]1. The van der Waals surface area contributed by atoms with E-state index in [9.17, 15) is 0 Å². The third-order valence-electron chi connectivity index (χ3n) is 3.48. The predicted molar refractivity (Wildman–Crippen MR) is 78.8 cm³/mol. The average molecular weight is 351 g/mol. The van der Waals surface area contributed by atoms with E-state index in [1.54, 1.807) is 7.11 Å². The molecule has 0 unspecified atom stereocenters. The number of nitrogens with two attached hydrogens (primary N) is 1. The Bertz CT molecular complexity index is 400. The molecule has 1 aromatic carbocycles. The first-order chi connectivity index (χ1) is 8.69. The molecule has 3 N–H and O–H groups in total. The molecule has 0 spiro atoms. The van der Waals surface area contributed by atoms with Crippen LogP contribution in [-0.2, 0) is 0 Å². The van der Waals surface area contributed by atoms with E-state index in [0.29, 0.717) is 0 Å². The first-order valence-corrected chi connectivity index (χ1v) is 14.5. The van der Waals surface area contributed by atoms with Crippen molar-refractivity contribution in [2.24, 2.45) is 0 Å². The molecule has 0 saturated carbocycles. The molecule has 4 nitrogen and oxygen atoms in total. The van der Waals surface area contributed by atoms with Crippen LogP contribution in [0.3, 0.4) is 0 Å². The number of rotatable bonds is 5. The van der Waals surface area contributed by atoms with Crippen molar-refractivity contribution in [2.75, 3.05) is 42.1 Å². The number of benzene rings is 1. The van der Waals surface area contributed by atoms with Gasteiger partial charge in [0.25, 0.3) is 0 Å². The van der Waals surface area contributed by atoms with Gasteiger partial charge in [0.1, 0.15) is 0 Å². The van der Waals surface area contributed by atoms with E-state index in [4.69, 9.17) is 10.5 Å². The van der Waals surface area contributed by atoms with Gasteiger partial charge < -0.3 is 0 Å². The normalized spacial score (nSPS) is 16.0. The molecule has 0 aliphatic carbocycles. The van der Waals surface area contributed by atoms with Gasteiger partial charge >= 0.3 is 117 Å². The Kier molecular flexibility index (Phi) is 5.06. The van der Waals surface area contributed by atoms with Gasteiger partial charge in [0, 0.05) is 0 Å². The second-order valence-corrected chi connectivity index (χ2v) is 14.1. The predicted octanol–water partition coefficient (Wildman–Crippen LogP) is 1.67. The van der Waals surface area contributed by atoms with E-state index >= 15 is 0 Å². The van der Waals surface area contributed by atoms with Gasteiger partial charge in [-0.1, -0.05) is 0 Å². The van der Waals surface area contributed by atoms with Crippen LogP contribution in [0.1, 0.15) is 0 Å². The molecule has 98 valence electrons. The van der Waals surface area contributed by atoms with Crippen LogP contribution in [0.2, 0.25) is 8.86 Å². The molecule has 2 rings (SSSR count). The number of anilines is 2. The molecule has 0 bridgehead atoms. The Balaban J connectivity index is 1.83. The summed E-state index contributed by atoms with van der Waals surface area (Å²) in [5, 5.41) is 3.43. The molecule has 0 atom stereocenters. The van der Waals surface area contributed by atoms with E-state index in [1.807, 2.05) is 18.2 Å². The van der Waals surface area contributed by atoms with Gasteiger partial charge in [0.15, 0.2) is 0 Å². The van der Waals surface area contributed by atoms with Crippen LogP contribution in [0, 0.1) is 0 Å². The fourth-order valence-corrected chi connectivity index (χ4v) is 8.81. The van der Waals surface area contributed by atoms with Crippen molar-refractivity contribution in [3.05, 3.63) is 18.2 Å². The van der Waals surface area contributed by atoms with Crippen LogP contribution in [0.25, 0.3) is 0 Å². The Labute approximate surface area is 117 Å². The average Bonchev–Trinajstić information content (AvgIpc) is 2.77. The van der Waals surface area contributed by atoms with Crippen molar-refractivity contribution in [2.45, 2.75) is 8.86 Å². The summed E-state index contributed by atoms with van der Waals surface area (Å²) >= 11 is -1.02. The zero-order valence-corrected chi connectivity index (χ0v) is 14.6. The second-order valence-electron chi connectivity index (χ2n) is 5.08. The molecule has 18 heavy (non-hydrogen) atoms. The number of nitrogen functional groups attached to an aromatic ring is 1. The van der Waals surface area contributed by atoms with Crippen LogP contribution < -0.4 is 15.8 Å². The van der Waals surface area contributed by atoms with E-state index in [0.717, 1.165) is 30.2 Å². The Hall–Kier alpha value is -0.550. The van der Waals surface area contributed by atoms with Gasteiger partial charge in [-0.2, -0.15) is 0 Å². The van der Waals surface area contributed by atoms with Gasteiger partial charge in [-0.05, 0) is 0 Å². The summed E-state index contributed by atoms with van der Waals surface area (Å²) in [5.74, 6) is 0.823. The molecule has 1 fully saturated rings. The molecule has 0 radical (unpaired) electrons. The van der Waals surface area contributed by atoms with Crippen molar-refractivity contribution in [1.29, 1.82) is 0 Å². The Morgan fingerprint density at radius 3 is 3.00 bits per heavy atom. The molecular formula is C13H22InN3O. The minimum absolute atomic E-state index is 0.736. The zero-order chi connectivity index (χ0) is 13.0. The molecule has 1 heterocycles. The molecule has 1 saturated heterocycles. The van der Waals surface area contributed by atoms with Crippen LogP contribution in [0.5, 0.6) is 5.75 Å². The van der Waals surface area contributed by atoms with E-state index in [2.05, 4.69) is 14.9 Å². The monoisotopic (exact) mass is 351 g/mol. The third kappa shape index (κ3) is 3.72. The minimum atomic E-state index is -1.02. The van der Waals surface area contributed by atoms with Crippen LogP contribution >= 0.6 is 0 Å². The van der Waals surface area contributed by atoms with Crippen molar-refractivity contribution in [3.8, 4) is 5.75 Å². The Morgan fingerprint density at radius 2 is 2.33 bits per heavy atom. The summed E-state index contributed by atoms with van der Waals surface area (Å²) in [6.45, 7) is 3.42. The van der Waals surface area contributed by atoms with Crippen molar-refractivity contribution >= 4 is 32.8 Å². The zero-order valence-electron chi connectivity index (χ0n) is 11.3. The summed E-state index contributed by atoms with van der Waals surface area (Å²) in [5.41, 5.74) is 7.50. The van der Waals surface area contributed by atoms with E-state index in [1.165, 1.54) is 15.0 Å². The molecule has 1 aromatic rings. The number of nitrogens with zero attached hydrogens (tertiary/aromatic N) is 1. The molecule has 0 aromatic heterocycles. The number of methoxy groups -OCH3 is 1. The number of nitrogens with one attached hydrogen (secondary N) is 1. The van der Waals surface area contributed by atoms with Gasteiger partial charge in [-0.3, -0.25) is 0 Å². The van der Waals surface area contributed by atoms with Gasteiger partial charge in [-0.15, -0.1) is 0 Å². The summed E-state index contributed by atoms with van der Waals surface area (Å²) in [7, 11) is 1.68. The number of hydrogen-bond acceptors (Lipinski definition) is 4. The van der Waals surface area contributed by atoms with Crippen molar-refractivity contribution in [3.63, 3.8) is 0 Å². The standard InChI is InChI=1S/C12H19N3O.CH3.In/c1-4-15(2)8-7-14-11-6-5-10(13)9-12(11)16-3;;/h5-6,9,14H,1-2,4,7-8,13H2,3H3;1H3;. The van der Waals surface area contributed by atoms with Crippen LogP contribution in [0.4, 0.5) is 11.4 Å². The first-order valence-electron chi connectivity index (χ1n) is 6.59. The third-order valence-corrected chi connectivity index (χ3v) is 10.3. The number of hydrogen-bond donors (Lipinski definition) is 2. The second kappa shape index (κ2) is 6.57. The van der Waals surface area contributed by atoms with E-state index < -0.39 is 21.4 Å². The fraction of sp³-hybridized carbons (Fsp3) is 0.538. The van der Waals surface area contributed by atoms with Crippen molar-refractivity contribution < 1.29 is 4.74 Å². The molecule has 1 aliphatic rings. The Morgan fingerprint density at radius 1 is 1.50 bits per heavy atom. The van der Waals surface area contributed by atoms with Crippen molar-refractivity contribution in [1.82, 2.24) is 4.90 Å². The first kappa shape index (κ1) is 13.9. The maximum atomic E-state index is 5.74. The molecule has 5 heteroatoms. The van der Waals surface area contributed by atoms with Crippen LogP contribution in [-0.4, -0.2) is 57.4 Å².